The van der Waals surface area contributed by atoms with Crippen molar-refractivity contribution in [2.75, 3.05) is 13.6 Å². The summed E-state index contributed by atoms with van der Waals surface area (Å²) in [5.41, 5.74) is 4.16. The third-order valence-electron chi connectivity index (χ3n) is 6.36. The number of likely N-dealkylation sites (N-methyl/N-ethyl adjacent to an activating group) is 1. The Morgan fingerprint density at radius 3 is 2.53 bits per heavy atom. The lowest BCUT2D eigenvalue weighted by Gasteiger charge is -2.40. The standard InChI is InChI=1S/C26H30N4O2/c1-19-16-23(28-27-19)18-29(3)25(32)26(14-9-15-30(26)20(2)31)17-22-12-7-8-13-24(22)21-10-5-4-6-11-21/h4-8,10-13,16H,9,14-15,17-18H2,1-3H3,(H,27,28). The van der Waals surface area contributed by atoms with Gasteiger partial charge in [-0.1, -0.05) is 54.6 Å². The molecule has 1 aliphatic rings. The molecule has 1 unspecified atom stereocenters. The maximum atomic E-state index is 13.9. The molecule has 6 heteroatoms. The second-order valence-corrected chi connectivity index (χ2v) is 8.71. The van der Waals surface area contributed by atoms with Crippen molar-refractivity contribution in [2.24, 2.45) is 0 Å². The van der Waals surface area contributed by atoms with Crippen LogP contribution in [0.15, 0.2) is 60.7 Å². The highest BCUT2D eigenvalue weighted by atomic mass is 16.2. The van der Waals surface area contributed by atoms with Crippen molar-refractivity contribution in [3.05, 3.63) is 77.6 Å². The minimum absolute atomic E-state index is 0.0336. The summed E-state index contributed by atoms with van der Waals surface area (Å²) >= 11 is 0. The Morgan fingerprint density at radius 1 is 1.12 bits per heavy atom. The minimum atomic E-state index is -0.892. The lowest BCUT2D eigenvalue weighted by atomic mass is 9.83. The molecule has 0 bridgehead atoms. The molecular formula is C26H30N4O2. The van der Waals surface area contributed by atoms with E-state index >= 15 is 0 Å². The Hall–Kier alpha value is -3.41. The average molecular weight is 431 g/mol. The number of nitrogens with one attached hydrogen (secondary N) is 1. The molecular weight excluding hydrogens is 400 g/mol. The lowest BCUT2D eigenvalue weighted by Crippen LogP contribution is -2.58. The molecule has 1 aromatic heterocycles. The number of hydrogen-bond donors (Lipinski definition) is 1. The fourth-order valence-corrected chi connectivity index (χ4v) is 4.93. The van der Waals surface area contributed by atoms with E-state index in [4.69, 9.17) is 0 Å². The number of likely N-dealkylation sites (tertiary alicyclic amines) is 1. The number of carbonyl (C=O) groups excluding carboxylic acids is 2. The highest BCUT2D eigenvalue weighted by molar-refractivity contribution is 5.92. The Bertz CT molecular complexity index is 1110. The number of aryl methyl sites for hydroxylation is 1. The van der Waals surface area contributed by atoms with Crippen LogP contribution >= 0.6 is 0 Å². The van der Waals surface area contributed by atoms with E-state index in [-0.39, 0.29) is 11.8 Å². The van der Waals surface area contributed by atoms with Crippen molar-refractivity contribution in [3.8, 4) is 11.1 Å². The van der Waals surface area contributed by atoms with Gasteiger partial charge in [-0.2, -0.15) is 5.10 Å². The van der Waals surface area contributed by atoms with Crippen LogP contribution in [0.25, 0.3) is 11.1 Å². The van der Waals surface area contributed by atoms with E-state index in [1.165, 1.54) is 0 Å². The first-order valence-corrected chi connectivity index (χ1v) is 11.1. The van der Waals surface area contributed by atoms with E-state index in [2.05, 4.69) is 34.5 Å². The van der Waals surface area contributed by atoms with Gasteiger partial charge in [-0.25, -0.2) is 0 Å². The second kappa shape index (κ2) is 8.99. The SMILES string of the molecule is CC(=O)N1CCCC1(Cc1ccccc1-c1ccccc1)C(=O)N(C)Cc1cc(C)[nH]n1. The highest BCUT2D eigenvalue weighted by Crippen LogP contribution is 2.37. The lowest BCUT2D eigenvalue weighted by molar-refractivity contribution is -0.150. The van der Waals surface area contributed by atoms with Crippen LogP contribution in [0.1, 0.15) is 36.7 Å². The van der Waals surface area contributed by atoms with Crippen LogP contribution < -0.4 is 0 Å². The predicted octanol–water partition coefficient (Wildman–Crippen LogP) is 3.97. The summed E-state index contributed by atoms with van der Waals surface area (Å²) in [6.45, 7) is 4.50. The van der Waals surface area contributed by atoms with E-state index in [1.807, 2.05) is 43.3 Å². The zero-order chi connectivity index (χ0) is 22.7. The van der Waals surface area contributed by atoms with Crippen molar-refractivity contribution >= 4 is 11.8 Å². The number of rotatable bonds is 6. The first-order valence-electron chi connectivity index (χ1n) is 11.1. The van der Waals surface area contributed by atoms with Gasteiger partial charge in [-0.3, -0.25) is 14.7 Å². The van der Waals surface area contributed by atoms with E-state index in [0.29, 0.717) is 25.9 Å². The summed E-state index contributed by atoms with van der Waals surface area (Å²) in [6.07, 6.45) is 1.95. The van der Waals surface area contributed by atoms with Crippen molar-refractivity contribution in [3.63, 3.8) is 0 Å². The van der Waals surface area contributed by atoms with Crippen molar-refractivity contribution in [1.29, 1.82) is 0 Å². The molecule has 0 saturated carbocycles. The molecule has 2 amide bonds. The zero-order valence-corrected chi connectivity index (χ0v) is 19.0. The fourth-order valence-electron chi connectivity index (χ4n) is 4.93. The van der Waals surface area contributed by atoms with Gasteiger partial charge in [-0.15, -0.1) is 0 Å². The van der Waals surface area contributed by atoms with E-state index in [1.54, 1.807) is 23.8 Å². The summed E-state index contributed by atoms with van der Waals surface area (Å²) in [7, 11) is 1.80. The molecule has 2 aromatic carbocycles. The van der Waals surface area contributed by atoms with Gasteiger partial charge in [0.2, 0.25) is 11.8 Å². The minimum Gasteiger partial charge on any atom is -0.338 e. The van der Waals surface area contributed by atoms with Gasteiger partial charge in [0.15, 0.2) is 0 Å². The number of benzene rings is 2. The number of H-pyrrole nitrogens is 1. The highest BCUT2D eigenvalue weighted by Gasteiger charge is 2.50. The van der Waals surface area contributed by atoms with Crippen LogP contribution in [0.2, 0.25) is 0 Å². The molecule has 1 atom stereocenters. The first kappa shape index (κ1) is 21.8. The van der Waals surface area contributed by atoms with Gasteiger partial charge >= 0.3 is 0 Å². The van der Waals surface area contributed by atoms with Crippen LogP contribution in [0.3, 0.4) is 0 Å². The smallest absolute Gasteiger partial charge is 0.248 e. The van der Waals surface area contributed by atoms with Crippen LogP contribution in [0, 0.1) is 6.92 Å². The number of aromatic nitrogens is 2. The number of aromatic amines is 1. The summed E-state index contributed by atoms with van der Waals surface area (Å²) < 4.78 is 0. The molecule has 1 N–H and O–H groups in total. The molecule has 1 aliphatic heterocycles. The molecule has 6 nitrogen and oxygen atoms in total. The molecule has 166 valence electrons. The molecule has 32 heavy (non-hydrogen) atoms. The summed E-state index contributed by atoms with van der Waals surface area (Å²) in [5, 5.41) is 7.21. The Labute approximate surface area is 189 Å². The quantitative estimate of drug-likeness (QED) is 0.643. The Balaban J connectivity index is 1.71. The average Bonchev–Trinajstić information content (AvgIpc) is 3.41. The number of nitrogens with zero attached hydrogens (tertiary/aromatic N) is 3. The van der Waals surface area contributed by atoms with E-state index in [0.717, 1.165) is 34.5 Å². The topological polar surface area (TPSA) is 69.3 Å². The normalized spacial score (nSPS) is 18.0. The number of amides is 2. The van der Waals surface area contributed by atoms with Crippen LogP contribution in [0.5, 0.6) is 0 Å². The van der Waals surface area contributed by atoms with Crippen molar-refractivity contribution in [1.82, 2.24) is 20.0 Å². The van der Waals surface area contributed by atoms with E-state index < -0.39 is 5.54 Å². The maximum Gasteiger partial charge on any atom is 0.248 e. The van der Waals surface area contributed by atoms with Gasteiger partial charge in [0, 0.05) is 32.6 Å². The van der Waals surface area contributed by atoms with Crippen LogP contribution in [0.4, 0.5) is 0 Å². The maximum absolute atomic E-state index is 13.9. The molecule has 2 heterocycles. The molecule has 4 rings (SSSR count). The molecule has 1 fully saturated rings. The fraction of sp³-hybridized carbons (Fsp3) is 0.346. The predicted molar refractivity (Wildman–Crippen MR) is 125 cm³/mol. The Morgan fingerprint density at radius 2 is 1.84 bits per heavy atom. The molecule has 3 aromatic rings. The Kier molecular flexibility index (Phi) is 6.12. The second-order valence-electron chi connectivity index (χ2n) is 8.71. The molecule has 0 aliphatic carbocycles. The number of carbonyl (C=O) groups is 2. The summed E-state index contributed by atoms with van der Waals surface area (Å²) in [4.78, 5) is 30.1. The van der Waals surface area contributed by atoms with Crippen LogP contribution in [-0.4, -0.2) is 50.9 Å². The summed E-state index contributed by atoms with van der Waals surface area (Å²) in [6, 6.07) is 20.3. The van der Waals surface area contributed by atoms with Gasteiger partial charge in [-0.05, 0) is 42.5 Å². The van der Waals surface area contributed by atoms with Crippen LogP contribution in [-0.2, 0) is 22.6 Å². The monoisotopic (exact) mass is 430 g/mol. The van der Waals surface area contributed by atoms with Gasteiger partial charge in [0.25, 0.3) is 0 Å². The van der Waals surface area contributed by atoms with Gasteiger partial charge < -0.3 is 9.80 Å². The number of hydrogen-bond acceptors (Lipinski definition) is 3. The third kappa shape index (κ3) is 4.17. The van der Waals surface area contributed by atoms with Crippen molar-refractivity contribution < 1.29 is 9.59 Å². The summed E-state index contributed by atoms with van der Waals surface area (Å²) in [5.74, 6) is -0.0919. The molecule has 0 radical (unpaired) electrons. The molecule has 1 saturated heterocycles. The zero-order valence-electron chi connectivity index (χ0n) is 19.0. The van der Waals surface area contributed by atoms with Gasteiger partial charge in [0.05, 0.1) is 12.2 Å². The van der Waals surface area contributed by atoms with Gasteiger partial charge in [0.1, 0.15) is 5.54 Å². The largest absolute Gasteiger partial charge is 0.338 e. The van der Waals surface area contributed by atoms with Crippen molar-refractivity contribution in [2.45, 2.75) is 45.2 Å². The third-order valence-corrected chi connectivity index (χ3v) is 6.36. The molecule has 0 spiro atoms. The van der Waals surface area contributed by atoms with E-state index in [9.17, 15) is 9.59 Å². The first-order chi connectivity index (χ1) is 15.4.